The van der Waals surface area contributed by atoms with Gasteiger partial charge >= 0.3 is 0 Å². The number of rotatable bonds is 4. The lowest BCUT2D eigenvalue weighted by atomic mass is 10.0. The summed E-state index contributed by atoms with van der Waals surface area (Å²) in [5.41, 5.74) is 4.13. The van der Waals surface area contributed by atoms with E-state index in [-0.39, 0.29) is 19.1 Å². The number of nitrogens with one attached hydrogen (secondary N) is 1. The van der Waals surface area contributed by atoms with E-state index in [0.29, 0.717) is 22.1 Å². The van der Waals surface area contributed by atoms with E-state index in [1.807, 2.05) is 42.5 Å². The maximum atomic E-state index is 12.2. The van der Waals surface area contributed by atoms with Gasteiger partial charge < -0.3 is 9.47 Å². The number of hydrogen-bond donors (Lipinski definition) is 1. The largest absolute Gasteiger partial charge is 0.454 e. The summed E-state index contributed by atoms with van der Waals surface area (Å²) in [4.78, 5) is 12.2. The fourth-order valence-corrected chi connectivity index (χ4v) is 3.07. The van der Waals surface area contributed by atoms with Crippen molar-refractivity contribution in [3.05, 3.63) is 70.7 Å². The van der Waals surface area contributed by atoms with Gasteiger partial charge in [0.1, 0.15) is 0 Å². The van der Waals surface area contributed by atoms with Gasteiger partial charge in [0.25, 0.3) is 0 Å². The van der Waals surface area contributed by atoms with E-state index >= 15 is 0 Å². The topological polar surface area (TPSA) is 59.9 Å². The minimum atomic E-state index is -0.200. The third-order valence-corrected chi connectivity index (χ3v) is 4.44. The molecule has 1 amide bonds. The standard InChI is InChI=1S/C20H15ClN2O3/c21-17-10-19-18(25-12-26-19)8-15(17)11-22-23-20(24)9-14-6-3-5-13-4-1-2-7-16(13)14/h1-8,10-11H,9,12H2,(H,23,24)/b22-11-. The van der Waals surface area contributed by atoms with Crippen LogP contribution in [0.4, 0.5) is 0 Å². The number of fused-ring (bicyclic) bond motifs is 2. The van der Waals surface area contributed by atoms with E-state index in [1.165, 1.54) is 6.21 Å². The van der Waals surface area contributed by atoms with Gasteiger partial charge in [-0.1, -0.05) is 54.1 Å². The normalized spacial score (nSPS) is 12.7. The number of benzene rings is 3. The second kappa shape index (κ2) is 7.06. The van der Waals surface area contributed by atoms with E-state index in [2.05, 4.69) is 10.5 Å². The molecule has 0 saturated heterocycles. The highest BCUT2D eigenvalue weighted by atomic mass is 35.5. The van der Waals surface area contributed by atoms with Crippen LogP contribution < -0.4 is 14.9 Å². The molecule has 26 heavy (non-hydrogen) atoms. The Kier molecular flexibility index (Phi) is 4.46. The third-order valence-electron chi connectivity index (χ3n) is 4.12. The molecular formula is C20H15ClN2O3. The first-order valence-electron chi connectivity index (χ1n) is 8.08. The minimum Gasteiger partial charge on any atom is -0.454 e. The van der Waals surface area contributed by atoms with Crippen molar-refractivity contribution >= 4 is 34.5 Å². The van der Waals surface area contributed by atoms with E-state index in [1.54, 1.807) is 12.1 Å². The van der Waals surface area contributed by atoms with Crippen molar-refractivity contribution in [2.45, 2.75) is 6.42 Å². The highest BCUT2D eigenvalue weighted by Crippen LogP contribution is 2.36. The summed E-state index contributed by atoms with van der Waals surface area (Å²) in [5.74, 6) is 1.01. The smallest absolute Gasteiger partial charge is 0.244 e. The molecule has 0 saturated carbocycles. The molecule has 0 bridgehead atoms. The zero-order valence-corrected chi connectivity index (χ0v) is 14.5. The maximum Gasteiger partial charge on any atom is 0.244 e. The number of halogens is 1. The molecule has 0 aliphatic carbocycles. The minimum absolute atomic E-state index is 0.175. The van der Waals surface area contributed by atoms with Gasteiger partial charge in [0.15, 0.2) is 11.5 Å². The summed E-state index contributed by atoms with van der Waals surface area (Å²) < 4.78 is 10.6. The molecule has 0 fully saturated rings. The molecule has 1 aliphatic heterocycles. The Bertz CT molecular complexity index is 1010. The van der Waals surface area contributed by atoms with Gasteiger partial charge in [-0.3, -0.25) is 4.79 Å². The van der Waals surface area contributed by atoms with Crippen LogP contribution in [-0.4, -0.2) is 18.9 Å². The zero-order chi connectivity index (χ0) is 17.9. The monoisotopic (exact) mass is 366 g/mol. The van der Waals surface area contributed by atoms with E-state index in [4.69, 9.17) is 21.1 Å². The van der Waals surface area contributed by atoms with Crippen LogP contribution >= 0.6 is 11.6 Å². The number of carbonyl (C=O) groups excluding carboxylic acids is 1. The van der Waals surface area contributed by atoms with Crippen LogP contribution in [0.3, 0.4) is 0 Å². The van der Waals surface area contributed by atoms with Gasteiger partial charge in [0, 0.05) is 11.6 Å². The second-order valence-electron chi connectivity index (χ2n) is 5.84. The predicted octanol–water partition coefficient (Wildman–Crippen LogP) is 3.91. The Morgan fingerprint density at radius 2 is 1.88 bits per heavy atom. The third kappa shape index (κ3) is 3.34. The van der Waals surface area contributed by atoms with Gasteiger partial charge in [-0.25, -0.2) is 5.43 Å². The summed E-state index contributed by atoms with van der Waals surface area (Å²) >= 11 is 6.18. The van der Waals surface area contributed by atoms with Crippen LogP contribution in [-0.2, 0) is 11.2 Å². The van der Waals surface area contributed by atoms with Crippen LogP contribution in [0.2, 0.25) is 5.02 Å². The number of hydrazone groups is 1. The number of carbonyl (C=O) groups is 1. The molecule has 1 heterocycles. The molecule has 0 spiro atoms. The first-order valence-corrected chi connectivity index (χ1v) is 8.46. The summed E-state index contributed by atoms with van der Waals surface area (Å²) in [7, 11) is 0. The SMILES string of the molecule is O=C(Cc1cccc2ccccc12)N/N=C\c1cc2c(cc1Cl)OCO2. The van der Waals surface area contributed by atoms with E-state index < -0.39 is 0 Å². The van der Waals surface area contributed by atoms with Crippen LogP contribution in [0.15, 0.2) is 59.7 Å². The molecule has 0 radical (unpaired) electrons. The quantitative estimate of drug-likeness (QED) is 0.562. The van der Waals surface area contributed by atoms with Crippen molar-refractivity contribution < 1.29 is 14.3 Å². The van der Waals surface area contributed by atoms with Gasteiger partial charge in [0.2, 0.25) is 12.7 Å². The lowest BCUT2D eigenvalue weighted by Gasteiger charge is -2.05. The lowest BCUT2D eigenvalue weighted by molar-refractivity contribution is -0.120. The second-order valence-corrected chi connectivity index (χ2v) is 6.24. The summed E-state index contributed by atoms with van der Waals surface area (Å²) in [6, 6.07) is 17.3. The first kappa shape index (κ1) is 16.4. The van der Waals surface area contributed by atoms with E-state index in [9.17, 15) is 4.79 Å². The molecule has 3 aromatic rings. The highest BCUT2D eigenvalue weighted by Gasteiger charge is 2.15. The van der Waals surface area contributed by atoms with Crippen molar-refractivity contribution in [3.63, 3.8) is 0 Å². The number of ether oxygens (including phenoxy) is 2. The molecule has 130 valence electrons. The molecule has 0 unspecified atom stereocenters. The van der Waals surface area contributed by atoms with Crippen LogP contribution in [0.1, 0.15) is 11.1 Å². The Hall–Kier alpha value is -3.05. The Morgan fingerprint density at radius 1 is 1.12 bits per heavy atom. The molecule has 0 atom stereocenters. The van der Waals surface area contributed by atoms with Crippen LogP contribution in [0.25, 0.3) is 10.8 Å². The maximum absolute atomic E-state index is 12.2. The fourth-order valence-electron chi connectivity index (χ4n) is 2.86. The van der Waals surface area contributed by atoms with E-state index in [0.717, 1.165) is 16.3 Å². The molecular weight excluding hydrogens is 352 g/mol. The van der Waals surface area contributed by atoms with Gasteiger partial charge in [-0.15, -0.1) is 0 Å². The molecule has 5 nitrogen and oxygen atoms in total. The van der Waals surface area contributed by atoms with Crippen LogP contribution in [0.5, 0.6) is 11.5 Å². The molecule has 1 N–H and O–H groups in total. The van der Waals surface area contributed by atoms with Crippen molar-refractivity contribution in [1.82, 2.24) is 5.43 Å². The Balaban J connectivity index is 1.45. The molecule has 4 rings (SSSR count). The van der Waals surface area contributed by atoms with Gasteiger partial charge in [0.05, 0.1) is 17.7 Å². The van der Waals surface area contributed by atoms with Crippen molar-refractivity contribution in [2.75, 3.05) is 6.79 Å². The molecule has 3 aromatic carbocycles. The Morgan fingerprint density at radius 3 is 2.77 bits per heavy atom. The zero-order valence-electron chi connectivity index (χ0n) is 13.7. The first-order chi connectivity index (χ1) is 12.7. The van der Waals surface area contributed by atoms with Crippen LogP contribution in [0, 0.1) is 0 Å². The highest BCUT2D eigenvalue weighted by molar-refractivity contribution is 6.33. The average Bonchev–Trinajstić information content (AvgIpc) is 3.09. The lowest BCUT2D eigenvalue weighted by Crippen LogP contribution is -2.19. The molecule has 6 heteroatoms. The van der Waals surface area contributed by atoms with Crippen molar-refractivity contribution in [2.24, 2.45) is 5.10 Å². The number of hydrogen-bond acceptors (Lipinski definition) is 4. The summed E-state index contributed by atoms with van der Waals surface area (Å²) in [5, 5.41) is 6.64. The van der Waals surface area contributed by atoms with Crippen molar-refractivity contribution in [1.29, 1.82) is 0 Å². The average molecular weight is 367 g/mol. The number of nitrogens with zero attached hydrogens (tertiary/aromatic N) is 1. The fraction of sp³-hybridized carbons (Fsp3) is 0.100. The van der Waals surface area contributed by atoms with Gasteiger partial charge in [-0.05, 0) is 22.4 Å². The van der Waals surface area contributed by atoms with Gasteiger partial charge in [-0.2, -0.15) is 5.10 Å². The molecule has 1 aliphatic rings. The molecule has 0 aromatic heterocycles. The summed E-state index contributed by atoms with van der Waals surface area (Å²) in [6.07, 6.45) is 1.73. The predicted molar refractivity (Wildman–Crippen MR) is 101 cm³/mol. The Labute approximate surface area is 155 Å². The summed E-state index contributed by atoms with van der Waals surface area (Å²) in [6.45, 7) is 0.175. The van der Waals surface area contributed by atoms with Crippen molar-refractivity contribution in [3.8, 4) is 11.5 Å². The number of amides is 1.